The normalized spacial score (nSPS) is 16.7. The van der Waals surface area contributed by atoms with Gasteiger partial charge in [-0.1, -0.05) is 132 Å². The third-order valence-electron chi connectivity index (χ3n) is 16.8. The van der Waals surface area contributed by atoms with Crippen molar-refractivity contribution >= 4 is 18.6 Å². The average Bonchev–Trinajstić information content (AvgIpc) is 1.18. The number of phenolic OH excluding ortho intramolecular Hbond substituents is 1. The predicted octanol–water partition coefficient (Wildman–Crippen LogP) is 15.2. The molecule has 1 aliphatic carbocycles. The van der Waals surface area contributed by atoms with E-state index >= 15 is 0 Å². The number of aromatic hydroxyl groups is 1. The van der Waals surface area contributed by atoms with E-state index in [1.807, 2.05) is 79.3 Å². The SMILES string of the molecule is CC(C)(C)c1cc2c(O)c(c1)Cc1cc(C(C)(C)C)cc3c1OCCOc1ccc(cc1)C=NCCN1CCN=Cc4ccc(cc4)OCCOc4c(cc(C(C)(C)C)cc4Cc4cc(C(C)(C)C)cc(c4OCCOc4ccc(cc4)C=NCC1)C3)C2. The fourth-order valence-electron chi connectivity index (χ4n) is 11.5. The van der Waals surface area contributed by atoms with Crippen molar-refractivity contribution in [3.8, 4) is 40.2 Å². The summed E-state index contributed by atoms with van der Waals surface area (Å²) in [5.74, 6) is 4.88. The Labute approximate surface area is 523 Å². The Morgan fingerprint density at radius 1 is 0.318 bits per heavy atom. The van der Waals surface area contributed by atoms with Gasteiger partial charge in [-0.2, -0.15) is 0 Å². The maximum absolute atomic E-state index is 13.0. The van der Waals surface area contributed by atoms with Gasteiger partial charge in [-0.05, 0) is 178 Å². The van der Waals surface area contributed by atoms with Crippen LogP contribution in [0.15, 0.2) is 136 Å². The highest BCUT2D eigenvalue weighted by Crippen LogP contribution is 2.44. The van der Waals surface area contributed by atoms with E-state index in [9.17, 15) is 5.11 Å². The summed E-state index contributed by atoms with van der Waals surface area (Å²) in [5, 5.41) is 13.0. The second-order valence-electron chi connectivity index (χ2n) is 28.0. The Kier molecular flexibility index (Phi) is 19.5. The fourth-order valence-corrected chi connectivity index (χ4v) is 11.5. The van der Waals surface area contributed by atoms with E-state index < -0.39 is 0 Å². The highest BCUT2D eigenvalue weighted by Gasteiger charge is 2.29. The molecule has 11 nitrogen and oxygen atoms in total. The minimum atomic E-state index is -0.241. The molecule has 0 radical (unpaired) electrons. The number of phenols is 1. The van der Waals surface area contributed by atoms with E-state index in [0.29, 0.717) is 71.7 Å². The molecule has 7 heterocycles. The number of nitrogens with zero attached hydrogens (tertiary/aromatic N) is 4. The topological polar surface area (TPSA) is 116 Å². The number of aliphatic imine (C=N–C) groups is 3. The molecule has 0 saturated heterocycles. The van der Waals surface area contributed by atoms with Crippen molar-refractivity contribution in [2.24, 2.45) is 15.0 Å². The van der Waals surface area contributed by atoms with Crippen LogP contribution in [-0.4, -0.2) is 108 Å². The molecule has 18 bridgehead atoms. The number of benzene rings is 7. The Morgan fingerprint density at radius 2 is 0.545 bits per heavy atom. The monoisotopic (exact) mass is 1180 g/mol. The molecule has 0 aromatic heterocycles. The maximum atomic E-state index is 13.0. The van der Waals surface area contributed by atoms with Crippen LogP contribution in [0.25, 0.3) is 0 Å². The molecule has 1 N–H and O–H groups in total. The molecule has 0 saturated carbocycles. The Bertz CT molecular complexity index is 3440. The number of hydrogen-bond donors (Lipinski definition) is 1. The first kappa shape index (κ1) is 63.1. The molecular formula is C77H92N4O7. The zero-order valence-electron chi connectivity index (χ0n) is 54.3. The Balaban J connectivity index is 1.20. The van der Waals surface area contributed by atoms with Gasteiger partial charge in [0.15, 0.2) is 0 Å². The first-order valence-electron chi connectivity index (χ1n) is 31.6. The van der Waals surface area contributed by atoms with Crippen LogP contribution in [0.5, 0.6) is 40.2 Å². The molecule has 88 heavy (non-hydrogen) atoms. The largest absolute Gasteiger partial charge is 0.507 e. The van der Waals surface area contributed by atoms with Crippen molar-refractivity contribution in [1.29, 1.82) is 0 Å². The zero-order chi connectivity index (χ0) is 62.2. The molecular weight excluding hydrogens is 1090 g/mol. The first-order chi connectivity index (χ1) is 42.0. The number of ether oxygens (including phenoxy) is 6. The summed E-state index contributed by atoms with van der Waals surface area (Å²) < 4.78 is 41.0. The third kappa shape index (κ3) is 16.4. The van der Waals surface area contributed by atoms with Crippen LogP contribution in [0.3, 0.4) is 0 Å². The molecule has 0 spiro atoms. The molecule has 7 aliphatic heterocycles. The summed E-state index contributed by atoms with van der Waals surface area (Å²) in [6.45, 7) is 33.1. The quantitative estimate of drug-likeness (QED) is 0.160. The summed E-state index contributed by atoms with van der Waals surface area (Å²) in [7, 11) is 0. The summed E-state index contributed by atoms with van der Waals surface area (Å²) in [4.78, 5) is 16.9. The molecule has 11 heteroatoms. The van der Waals surface area contributed by atoms with E-state index in [-0.39, 0.29) is 40.6 Å². The van der Waals surface area contributed by atoms with Crippen molar-refractivity contribution in [2.75, 3.05) is 78.9 Å². The van der Waals surface area contributed by atoms with Gasteiger partial charge < -0.3 is 33.5 Å². The first-order valence-corrected chi connectivity index (χ1v) is 31.6. The van der Waals surface area contributed by atoms with Crippen LogP contribution in [0, 0.1) is 0 Å². The molecule has 7 aromatic rings. The second kappa shape index (κ2) is 27.2. The van der Waals surface area contributed by atoms with Gasteiger partial charge in [-0.3, -0.25) is 19.9 Å². The van der Waals surface area contributed by atoms with Crippen molar-refractivity contribution in [1.82, 2.24) is 4.90 Å². The Morgan fingerprint density at radius 3 is 0.795 bits per heavy atom. The van der Waals surface area contributed by atoms with Crippen molar-refractivity contribution in [3.63, 3.8) is 0 Å². The predicted molar refractivity (Wildman–Crippen MR) is 360 cm³/mol. The molecule has 0 fully saturated rings. The fraction of sp³-hybridized carbons (Fsp3) is 0.416. The minimum absolute atomic E-state index is 0.235. The van der Waals surface area contributed by atoms with E-state index in [1.54, 1.807) is 0 Å². The highest BCUT2D eigenvalue weighted by molar-refractivity contribution is 5.81. The summed E-state index contributed by atoms with van der Waals surface area (Å²) in [5.41, 5.74) is 14.5. The lowest BCUT2D eigenvalue weighted by molar-refractivity contribution is 0.212. The van der Waals surface area contributed by atoms with E-state index in [0.717, 1.165) is 121 Å². The minimum Gasteiger partial charge on any atom is -0.507 e. The number of rotatable bonds is 0. The van der Waals surface area contributed by atoms with Crippen LogP contribution in [0.1, 0.15) is 167 Å². The maximum Gasteiger partial charge on any atom is 0.126 e. The standard InChI is InChI=1S/C77H92N4O7/c1-74(2,3)63-41-55-37-57-43-64(75(4,5)6)45-59-39-61-47-66(77(10,11)12)48-62-40-60-46-65(76(7,8)9)44-58(38-56(42-63)70(55)82)72(60)87-35-32-84-68-21-15-53(16-22-68)50-79-26-29-81(28-25-78-49-52-13-19-67(20-14-52)83-31-34-86-71(57)59)30-27-80-51-54-17-23-69(24-18-54)85-33-36-88-73(61)62/h13-24,41-51,82H,25-40H2,1-12H3. The third-order valence-corrected chi connectivity index (χ3v) is 16.8. The van der Waals surface area contributed by atoms with Gasteiger partial charge in [0, 0.05) is 64.0 Å². The lowest BCUT2D eigenvalue weighted by Crippen LogP contribution is -2.31. The van der Waals surface area contributed by atoms with E-state index in [4.69, 9.17) is 43.4 Å². The summed E-state index contributed by atoms with van der Waals surface area (Å²) >= 11 is 0. The number of hydrogen-bond acceptors (Lipinski definition) is 11. The van der Waals surface area contributed by atoms with Crippen molar-refractivity contribution < 1.29 is 33.5 Å². The van der Waals surface area contributed by atoms with Gasteiger partial charge in [0.25, 0.3) is 0 Å². The second-order valence-corrected chi connectivity index (χ2v) is 28.0. The Hall–Kier alpha value is -7.89. The van der Waals surface area contributed by atoms with Gasteiger partial charge in [-0.15, -0.1) is 0 Å². The molecule has 462 valence electrons. The van der Waals surface area contributed by atoms with Gasteiger partial charge in [0.2, 0.25) is 0 Å². The van der Waals surface area contributed by atoms with Crippen LogP contribution in [0.2, 0.25) is 0 Å². The van der Waals surface area contributed by atoms with Crippen molar-refractivity contribution in [3.05, 3.63) is 205 Å². The van der Waals surface area contributed by atoms with Crippen molar-refractivity contribution in [2.45, 2.75) is 130 Å². The van der Waals surface area contributed by atoms with E-state index in [2.05, 4.69) is 149 Å². The van der Waals surface area contributed by atoms with Crippen LogP contribution in [-0.2, 0) is 47.3 Å². The zero-order valence-corrected chi connectivity index (χ0v) is 54.3. The van der Waals surface area contributed by atoms with Crippen LogP contribution in [0.4, 0.5) is 0 Å². The van der Waals surface area contributed by atoms with Gasteiger partial charge in [0.1, 0.15) is 79.9 Å². The van der Waals surface area contributed by atoms with Gasteiger partial charge in [0.05, 0.1) is 19.6 Å². The van der Waals surface area contributed by atoms with Crippen LogP contribution >= 0.6 is 0 Å². The molecule has 0 atom stereocenters. The summed E-state index contributed by atoms with van der Waals surface area (Å²) in [6.07, 6.45) is 7.62. The molecule has 0 amide bonds. The summed E-state index contributed by atoms with van der Waals surface area (Å²) in [6, 6.07) is 42.6. The molecule has 0 unspecified atom stereocenters. The van der Waals surface area contributed by atoms with Crippen LogP contribution < -0.4 is 28.4 Å². The average molecular weight is 1190 g/mol. The molecule has 15 rings (SSSR count). The smallest absolute Gasteiger partial charge is 0.126 e. The van der Waals surface area contributed by atoms with Gasteiger partial charge in [-0.25, -0.2) is 0 Å². The highest BCUT2D eigenvalue weighted by atomic mass is 16.5. The molecule has 8 aliphatic rings. The van der Waals surface area contributed by atoms with E-state index in [1.165, 1.54) is 16.7 Å². The lowest BCUT2D eigenvalue weighted by atomic mass is 9.79. The number of fused-ring (bicyclic) bond motifs is 3. The van der Waals surface area contributed by atoms with Gasteiger partial charge >= 0.3 is 0 Å². The molecule has 7 aromatic carbocycles. The lowest BCUT2D eigenvalue weighted by Gasteiger charge is -2.29.